The number of rotatable bonds is 3. The molecule has 5 heteroatoms. The van der Waals surface area contributed by atoms with E-state index in [0.717, 1.165) is 15.6 Å². The molecule has 84 valence electrons. The Kier molecular flexibility index (Phi) is 3.36. The Labute approximate surface area is 102 Å². The van der Waals surface area contributed by atoms with E-state index in [1.165, 1.54) is 0 Å². The molecule has 1 heterocycles. The Morgan fingerprint density at radius 1 is 1.44 bits per heavy atom. The first kappa shape index (κ1) is 11.3. The lowest BCUT2D eigenvalue weighted by Gasteiger charge is -2.01. The second-order valence-corrected chi connectivity index (χ2v) is 4.32. The van der Waals surface area contributed by atoms with E-state index in [4.69, 9.17) is 10.3 Å². The zero-order valence-corrected chi connectivity index (χ0v) is 10.5. The maximum Gasteiger partial charge on any atom is 0.258 e. The molecule has 0 radical (unpaired) electrons. The van der Waals surface area contributed by atoms with Gasteiger partial charge >= 0.3 is 0 Å². The fourth-order valence-electron chi connectivity index (χ4n) is 1.43. The molecule has 0 saturated heterocycles. The Morgan fingerprint density at radius 2 is 2.25 bits per heavy atom. The predicted octanol–water partition coefficient (Wildman–Crippen LogP) is 2.31. The van der Waals surface area contributed by atoms with Crippen molar-refractivity contribution in [2.75, 3.05) is 6.54 Å². The fraction of sp³-hybridized carbons (Fsp3) is 0.273. The van der Waals surface area contributed by atoms with Crippen LogP contribution in [0.3, 0.4) is 0 Å². The van der Waals surface area contributed by atoms with Gasteiger partial charge in [-0.3, -0.25) is 0 Å². The number of halogens is 1. The van der Waals surface area contributed by atoms with Gasteiger partial charge in [0.2, 0.25) is 0 Å². The second-order valence-electron chi connectivity index (χ2n) is 3.47. The zero-order valence-electron chi connectivity index (χ0n) is 8.90. The van der Waals surface area contributed by atoms with Crippen molar-refractivity contribution in [2.45, 2.75) is 13.3 Å². The molecular weight excluding hydrogens is 270 g/mol. The molecule has 0 fully saturated rings. The Balaban J connectivity index is 2.39. The Morgan fingerprint density at radius 3 is 3.00 bits per heavy atom. The highest BCUT2D eigenvalue weighted by atomic mass is 79.9. The van der Waals surface area contributed by atoms with Gasteiger partial charge in [0.15, 0.2) is 5.82 Å². The summed E-state index contributed by atoms with van der Waals surface area (Å²) in [5.41, 5.74) is 7.47. The first-order valence-corrected chi connectivity index (χ1v) is 5.80. The van der Waals surface area contributed by atoms with Crippen LogP contribution < -0.4 is 5.73 Å². The molecule has 4 nitrogen and oxygen atoms in total. The molecule has 1 aromatic heterocycles. The van der Waals surface area contributed by atoms with Crippen molar-refractivity contribution >= 4 is 15.9 Å². The van der Waals surface area contributed by atoms with Crippen molar-refractivity contribution in [3.05, 3.63) is 34.1 Å². The molecule has 0 atom stereocenters. The average Bonchev–Trinajstić information content (AvgIpc) is 2.71. The summed E-state index contributed by atoms with van der Waals surface area (Å²) in [6.45, 7) is 2.53. The molecule has 0 saturated carbocycles. The fourth-order valence-corrected chi connectivity index (χ4v) is 1.80. The average molecular weight is 282 g/mol. The topological polar surface area (TPSA) is 64.9 Å². The number of aromatic nitrogens is 2. The van der Waals surface area contributed by atoms with Crippen LogP contribution in [-0.4, -0.2) is 16.7 Å². The largest absolute Gasteiger partial charge is 0.334 e. The van der Waals surface area contributed by atoms with Crippen molar-refractivity contribution < 1.29 is 4.52 Å². The third-order valence-electron chi connectivity index (χ3n) is 2.33. The lowest BCUT2D eigenvalue weighted by Crippen LogP contribution is -2.03. The van der Waals surface area contributed by atoms with E-state index in [0.29, 0.717) is 24.7 Å². The summed E-state index contributed by atoms with van der Waals surface area (Å²) in [6, 6.07) is 5.88. The summed E-state index contributed by atoms with van der Waals surface area (Å²) < 4.78 is 6.23. The number of hydrogen-bond acceptors (Lipinski definition) is 4. The van der Waals surface area contributed by atoms with E-state index in [1.807, 2.05) is 25.1 Å². The molecular formula is C11H12BrN3O. The molecule has 0 aliphatic rings. The quantitative estimate of drug-likeness (QED) is 0.938. The van der Waals surface area contributed by atoms with Gasteiger partial charge in [0.25, 0.3) is 5.89 Å². The minimum Gasteiger partial charge on any atom is -0.334 e. The van der Waals surface area contributed by atoms with Crippen molar-refractivity contribution in [1.29, 1.82) is 0 Å². The highest BCUT2D eigenvalue weighted by Gasteiger charge is 2.11. The number of nitrogens with zero attached hydrogens (tertiary/aromatic N) is 2. The minimum atomic E-state index is 0.524. The van der Waals surface area contributed by atoms with Gasteiger partial charge in [0.05, 0.1) is 0 Å². The minimum absolute atomic E-state index is 0.524. The molecule has 0 aliphatic heterocycles. The van der Waals surface area contributed by atoms with E-state index in [2.05, 4.69) is 26.1 Å². The normalized spacial score (nSPS) is 10.7. The van der Waals surface area contributed by atoms with Gasteiger partial charge in [-0.2, -0.15) is 4.98 Å². The summed E-state index contributed by atoms with van der Waals surface area (Å²) in [5.74, 6) is 1.19. The van der Waals surface area contributed by atoms with Gasteiger partial charge in [-0.25, -0.2) is 0 Å². The molecule has 2 aromatic rings. The van der Waals surface area contributed by atoms with Crippen molar-refractivity contribution in [3.63, 3.8) is 0 Å². The first-order valence-electron chi connectivity index (χ1n) is 5.00. The molecule has 0 amide bonds. The maximum atomic E-state index is 5.43. The summed E-state index contributed by atoms with van der Waals surface area (Å²) >= 11 is 3.47. The van der Waals surface area contributed by atoms with Crippen molar-refractivity contribution in [2.24, 2.45) is 5.73 Å². The van der Waals surface area contributed by atoms with Gasteiger partial charge in [0, 0.05) is 16.5 Å². The van der Waals surface area contributed by atoms with Crippen LogP contribution in [0.1, 0.15) is 11.4 Å². The third kappa shape index (κ3) is 2.15. The highest BCUT2D eigenvalue weighted by Crippen LogP contribution is 2.27. The van der Waals surface area contributed by atoms with Crippen LogP contribution >= 0.6 is 15.9 Å². The maximum absolute atomic E-state index is 5.43. The Hall–Kier alpha value is -1.20. The lowest BCUT2D eigenvalue weighted by molar-refractivity contribution is 0.422. The molecule has 0 aliphatic carbocycles. The van der Waals surface area contributed by atoms with Gasteiger partial charge in [-0.1, -0.05) is 27.2 Å². The van der Waals surface area contributed by atoms with E-state index in [-0.39, 0.29) is 0 Å². The highest BCUT2D eigenvalue weighted by molar-refractivity contribution is 9.10. The molecule has 16 heavy (non-hydrogen) atoms. The van der Waals surface area contributed by atoms with E-state index in [9.17, 15) is 0 Å². The van der Waals surface area contributed by atoms with Crippen LogP contribution in [0.4, 0.5) is 0 Å². The summed E-state index contributed by atoms with van der Waals surface area (Å²) in [4.78, 5) is 4.29. The number of benzene rings is 1. The monoisotopic (exact) mass is 281 g/mol. The van der Waals surface area contributed by atoms with Crippen LogP contribution in [-0.2, 0) is 6.42 Å². The smallest absolute Gasteiger partial charge is 0.258 e. The van der Waals surface area contributed by atoms with Crippen molar-refractivity contribution in [3.8, 4) is 11.5 Å². The molecule has 2 rings (SSSR count). The van der Waals surface area contributed by atoms with Crippen LogP contribution in [0.5, 0.6) is 0 Å². The van der Waals surface area contributed by atoms with Crippen molar-refractivity contribution in [1.82, 2.24) is 10.1 Å². The molecule has 0 bridgehead atoms. The summed E-state index contributed by atoms with van der Waals surface area (Å²) in [5, 5.41) is 3.87. The number of hydrogen-bond donors (Lipinski definition) is 1. The van der Waals surface area contributed by atoms with Gasteiger partial charge < -0.3 is 10.3 Å². The van der Waals surface area contributed by atoms with Crippen LogP contribution in [0.2, 0.25) is 0 Å². The first-order chi connectivity index (χ1) is 7.72. The van der Waals surface area contributed by atoms with Gasteiger partial charge in [0.1, 0.15) is 0 Å². The molecule has 2 N–H and O–H groups in total. The van der Waals surface area contributed by atoms with E-state index in [1.54, 1.807) is 0 Å². The summed E-state index contributed by atoms with van der Waals surface area (Å²) in [6.07, 6.45) is 0.635. The van der Waals surface area contributed by atoms with Crippen LogP contribution in [0.25, 0.3) is 11.5 Å². The SMILES string of the molecule is Cc1c(Br)cccc1-c1nc(CCN)no1. The number of nitrogens with two attached hydrogens (primary N) is 1. The Bertz CT molecular complexity index is 496. The third-order valence-corrected chi connectivity index (χ3v) is 3.19. The molecule has 1 aromatic carbocycles. The predicted molar refractivity (Wildman–Crippen MR) is 64.9 cm³/mol. The molecule has 0 unspecified atom stereocenters. The zero-order chi connectivity index (χ0) is 11.5. The standard InChI is InChI=1S/C11H12BrN3O/c1-7-8(3-2-4-9(7)12)11-14-10(5-6-13)15-16-11/h2-4H,5-6,13H2,1H3. The summed E-state index contributed by atoms with van der Waals surface area (Å²) in [7, 11) is 0. The molecule has 0 spiro atoms. The van der Waals surface area contributed by atoms with Gasteiger partial charge in [-0.15, -0.1) is 0 Å². The van der Waals surface area contributed by atoms with Crippen LogP contribution in [0.15, 0.2) is 27.2 Å². The lowest BCUT2D eigenvalue weighted by atomic mass is 10.1. The van der Waals surface area contributed by atoms with E-state index >= 15 is 0 Å². The van der Waals surface area contributed by atoms with Crippen LogP contribution in [0, 0.1) is 6.92 Å². The van der Waals surface area contributed by atoms with Gasteiger partial charge in [-0.05, 0) is 31.2 Å². The second kappa shape index (κ2) is 4.76. The van der Waals surface area contributed by atoms with E-state index < -0.39 is 0 Å².